The van der Waals surface area contributed by atoms with Crippen LogP contribution in [0.4, 0.5) is 4.79 Å². The van der Waals surface area contributed by atoms with Gasteiger partial charge in [-0.15, -0.1) is 0 Å². The number of rotatable bonds is 5. The van der Waals surface area contributed by atoms with Crippen LogP contribution in [0.1, 0.15) is 25.3 Å². The Morgan fingerprint density at radius 3 is 2.83 bits per heavy atom. The summed E-state index contributed by atoms with van der Waals surface area (Å²) in [6.07, 6.45) is 2.52. The van der Waals surface area contributed by atoms with E-state index in [1.165, 1.54) is 12.8 Å². The van der Waals surface area contributed by atoms with Crippen molar-refractivity contribution >= 4 is 6.03 Å². The summed E-state index contributed by atoms with van der Waals surface area (Å²) in [6, 6.07) is 5.57. The van der Waals surface area contributed by atoms with Crippen molar-refractivity contribution < 1.29 is 14.3 Å². The number of carbonyl (C=O) groups is 1. The molecule has 2 aliphatic heterocycles. The molecule has 1 saturated heterocycles. The van der Waals surface area contributed by atoms with Gasteiger partial charge in [0.05, 0.1) is 0 Å². The summed E-state index contributed by atoms with van der Waals surface area (Å²) in [5, 5.41) is 5.79. The summed E-state index contributed by atoms with van der Waals surface area (Å²) in [6.45, 7) is 6.93. The van der Waals surface area contributed by atoms with E-state index in [2.05, 4.69) is 22.5 Å². The molecule has 2 heterocycles. The molecule has 0 aromatic heterocycles. The van der Waals surface area contributed by atoms with E-state index in [9.17, 15) is 4.79 Å². The molecule has 6 heteroatoms. The number of carbonyl (C=O) groups excluding carboxylic acids is 1. The van der Waals surface area contributed by atoms with E-state index in [0.29, 0.717) is 13.1 Å². The highest BCUT2D eigenvalue weighted by molar-refractivity contribution is 5.73. The Bertz CT molecular complexity index is 542. The third kappa shape index (κ3) is 4.51. The molecule has 3 rings (SSSR count). The third-order valence-corrected chi connectivity index (χ3v) is 4.48. The molecule has 6 nitrogen and oxygen atoms in total. The number of hydrogen-bond acceptors (Lipinski definition) is 4. The third-order valence-electron chi connectivity index (χ3n) is 4.48. The maximum absolute atomic E-state index is 11.8. The van der Waals surface area contributed by atoms with Crippen molar-refractivity contribution in [3.63, 3.8) is 0 Å². The van der Waals surface area contributed by atoms with E-state index < -0.39 is 0 Å². The number of urea groups is 1. The number of nitrogens with one attached hydrogen (secondary N) is 2. The molecule has 1 aromatic rings. The van der Waals surface area contributed by atoms with Crippen LogP contribution in [-0.2, 0) is 6.54 Å². The summed E-state index contributed by atoms with van der Waals surface area (Å²) in [5.74, 6) is 2.34. The average molecular weight is 319 g/mol. The number of fused-ring (bicyclic) bond motifs is 1. The van der Waals surface area contributed by atoms with Gasteiger partial charge in [-0.2, -0.15) is 0 Å². The van der Waals surface area contributed by atoms with Crippen molar-refractivity contribution in [2.24, 2.45) is 5.92 Å². The van der Waals surface area contributed by atoms with Crippen LogP contribution in [0.5, 0.6) is 11.5 Å². The van der Waals surface area contributed by atoms with Gasteiger partial charge >= 0.3 is 6.03 Å². The molecule has 0 unspecified atom stereocenters. The van der Waals surface area contributed by atoms with Gasteiger partial charge in [0.15, 0.2) is 11.5 Å². The zero-order valence-corrected chi connectivity index (χ0v) is 13.6. The summed E-state index contributed by atoms with van der Waals surface area (Å²) in [7, 11) is 0. The lowest BCUT2D eigenvalue weighted by atomic mass is 9.99. The molecular formula is C17H25N3O3. The Labute approximate surface area is 137 Å². The highest BCUT2D eigenvalue weighted by atomic mass is 16.7. The van der Waals surface area contributed by atoms with E-state index in [4.69, 9.17) is 9.47 Å². The Morgan fingerprint density at radius 1 is 1.22 bits per heavy atom. The smallest absolute Gasteiger partial charge is 0.315 e. The highest BCUT2D eigenvalue weighted by Gasteiger charge is 2.15. The average Bonchev–Trinajstić information content (AvgIpc) is 3.02. The number of amides is 2. The lowest BCUT2D eigenvalue weighted by Gasteiger charge is -2.30. The summed E-state index contributed by atoms with van der Waals surface area (Å²) in [4.78, 5) is 14.3. The lowest BCUT2D eigenvalue weighted by Crippen LogP contribution is -2.42. The van der Waals surface area contributed by atoms with Crippen LogP contribution in [0.25, 0.3) is 0 Å². The SMILES string of the molecule is CC1CCN(CCNC(=O)NCc2ccc3c(c2)OCO3)CC1. The molecule has 0 spiro atoms. The van der Waals surface area contributed by atoms with E-state index >= 15 is 0 Å². The van der Waals surface area contributed by atoms with Gasteiger partial charge in [-0.1, -0.05) is 13.0 Å². The van der Waals surface area contributed by atoms with Crippen molar-refractivity contribution in [1.29, 1.82) is 0 Å². The van der Waals surface area contributed by atoms with Crippen LogP contribution in [0.2, 0.25) is 0 Å². The first-order valence-corrected chi connectivity index (χ1v) is 8.33. The summed E-state index contributed by atoms with van der Waals surface area (Å²) in [5.41, 5.74) is 0.995. The van der Waals surface area contributed by atoms with Crippen molar-refractivity contribution in [2.75, 3.05) is 33.0 Å². The van der Waals surface area contributed by atoms with E-state index in [1.54, 1.807) is 0 Å². The second-order valence-electron chi connectivity index (χ2n) is 6.32. The fourth-order valence-electron chi connectivity index (χ4n) is 2.91. The van der Waals surface area contributed by atoms with Crippen LogP contribution >= 0.6 is 0 Å². The molecule has 1 aromatic carbocycles. The number of piperidine rings is 1. The Hall–Kier alpha value is -1.95. The topological polar surface area (TPSA) is 62.8 Å². The number of ether oxygens (including phenoxy) is 2. The second kappa shape index (κ2) is 7.55. The van der Waals surface area contributed by atoms with Crippen molar-refractivity contribution in [2.45, 2.75) is 26.3 Å². The first-order valence-electron chi connectivity index (χ1n) is 8.33. The number of nitrogens with zero attached hydrogens (tertiary/aromatic N) is 1. The van der Waals surface area contributed by atoms with Gasteiger partial charge < -0.3 is 25.0 Å². The molecule has 0 atom stereocenters. The number of benzene rings is 1. The predicted octanol–water partition coefficient (Wildman–Crippen LogP) is 1.95. The van der Waals surface area contributed by atoms with Gasteiger partial charge in [-0.25, -0.2) is 4.79 Å². The number of hydrogen-bond donors (Lipinski definition) is 2. The number of likely N-dealkylation sites (tertiary alicyclic amines) is 1. The first kappa shape index (κ1) is 15.9. The fraction of sp³-hybridized carbons (Fsp3) is 0.588. The van der Waals surface area contributed by atoms with Gasteiger partial charge in [0.2, 0.25) is 6.79 Å². The van der Waals surface area contributed by atoms with Crippen molar-refractivity contribution in [3.05, 3.63) is 23.8 Å². The molecule has 1 fully saturated rings. The van der Waals surface area contributed by atoms with Gasteiger partial charge in [-0.05, 0) is 49.5 Å². The fourth-order valence-corrected chi connectivity index (χ4v) is 2.91. The molecule has 2 N–H and O–H groups in total. The summed E-state index contributed by atoms with van der Waals surface area (Å²) < 4.78 is 10.6. The standard InChI is InChI=1S/C17H25N3O3/c1-13-4-7-20(8-5-13)9-6-18-17(21)19-11-14-2-3-15-16(10-14)23-12-22-15/h2-3,10,13H,4-9,11-12H2,1H3,(H2,18,19,21). The first-order chi connectivity index (χ1) is 11.2. The maximum Gasteiger partial charge on any atom is 0.315 e. The highest BCUT2D eigenvalue weighted by Crippen LogP contribution is 2.32. The second-order valence-corrected chi connectivity index (χ2v) is 6.32. The van der Waals surface area contributed by atoms with Crippen molar-refractivity contribution in [1.82, 2.24) is 15.5 Å². The van der Waals surface area contributed by atoms with Gasteiger partial charge in [-0.3, -0.25) is 0 Å². The van der Waals surface area contributed by atoms with Crippen LogP contribution in [0.15, 0.2) is 18.2 Å². The van der Waals surface area contributed by atoms with Crippen LogP contribution in [0, 0.1) is 5.92 Å². The van der Waals surface area contributed by atoms with Crippen LogP contribution in [-0.4, -0.2) is 43.9 Å². The zero-order chi connectivity index (χ0) is 16.1. The Morgan fingerprint density at radius 2 is 2.00 bits per heavy atom. The largest absolute Gasteiger partial charge is 0.454 e. The van der Waals surface area contributed by atoms with Gasteiger partial charge in [0.1, 0.15) is 0 Å². The minimum atomic E-state index is -0.131. The summed E-state index contributed by atoms with van der Waals surface area (Å²) >= 11 is 0. The maximum atomic E-state index is 11.8. The van der Waals surface area contributed by atoms with E-state index in [-0.39, 0.29) is 12.8 Å². The molecule has 0 aliphatic carbocycles. The van der Waals surface area contributed by atoms with Crippen molar-refractivity contribution in [3.8, 4) is 11.5 Å². The minimum Gasteiger partial charge on any atom is -0.454 e. The molecular weight excluding hydrogens is 294 g/mol. The Balaban J connectivity index is 1.33. The predicted molar refractivity (Wildman–Crippen MR) is 87.6 cm³/mol. The normalized spacial score (nSPS) is 18.0. The van der Waals surface area contributed by atoms with Gasteiger partial charge in [0.25, 0.3) is 0 Å². The molecule has 2 amide bonds. The molecule has 2 aliphatic rings. The van der Waals surface area contributed by atoms with Gasteiger partial charge in [0, 0.05) is 19.6 Å². The van der Waals surface area contributed by atoms with Crippen LogP contribution < -0.4 is 20.1 Å². The molecule has 23 heavy (non-hydrogen) atoms. The molecule has 0 saturated carbocycles. The quantitative estimate of drug-likeness (QED) is 0.871. The molecule has 0 radical (unpaired) electrons. The van der Waals surface area contributed by atoms with E-state index in [0.717, 1.165) is 42.6 Å². The monoisotopic (exact) mass is 319 g/mol. The molecule has 0 bridgehead atoms. The lowest BCUT2D eigenvalue weighted by molar-refractivity contribution is 0.174. The minimum absolute atomic E-state index is 0.131. The van der Waals surface area contributed by atoms with E-state index in [1.807, 2.05) is 18.2 Å². The zero-order valence-electron chi connectivity index (χ0n) is 13.6. The van der Waals surface area contributed by atoms with Crippen LogP contribution in [0.3, 0.4) is 0 Å². The Kier molecular flexibility index (Phi) is 5.23. The molecule has 126 valence electrons.